The molecule has 9 nitrogen and oxygen atoms in total. The number of carboxylic acids is 1. The van der Waals surface area contributed by atoms with Crippen molar-refractivity contribution in [1.29, 1.82) is 0 Å². The third-order valence-electron chi connectivity index (χ3n) is 12.1. The third kappa shape index (κ3) is 6.97. The summed E-state index contributed by atoms with van der Waals surface area (Å²) in [5.41, 5.74) is 1.57. The average molecular weight is 622 g/mol. The topological polar surface area (TPSA) is 157 Å². The highest BCUT2D eigenvalue weighted by atomic mass is 16.5. The van der Waals surface area contributed by atoms with E-state index in [0.29, 0.717) is 50.3 Å². The van der Waals surface area contributed by atoms with Crippen LogP contribution < -0.4 is 5.32 Å². The van der Waals surface area contributed by atoms with Crippen molar-refractivity contribution in [2.75, 3.05) is 26.3 Å². The Hall–Kier alpha value is -1.78. The zero-order valence-electron chi connectivity index (χ0n) is 28.1. The molecule has 0 aromatic carbocycles. The number of hydrogen-bond donors (Lipinski definition) is 6. The lowest BCUT2D eigenvalue weighted by atomic mass is 9.36. The van der Waals surface area contributed by atoms with Gasteiger partial charge in [0, 0.05) is 25.6 Å². The minimum Gasteiger partial charge on any atom is -0.478 e. The van der Waals surface area contributed by atoms with Crippen LogP contribution in [0.2, 0.25) is 0 Å². The molecule has 0 heterocycles. The van der Waals surface area contributed by atoms with Crippen LogP contribution in [0.1, 0.15) is 99.8 Å². The highest BCUT2D eigenvalue weighted by molar-refractivity contribution is 5.88. The average Bonchev–Trinajstić information content (AvgIpc) is 3.20. The van der Waals surface area contributed by atoms with Crippen LogP contribution >= 0.6 is 0 Å². The van der Waals surface area contributed by atoms with E-state index in [1.165, 1.54) is 6.92 Å². The van der Waals surface area contributed by atoms with Gasteiger partial charge in [0.15, 0.2) is 0 Å². The molecule has 252 valence electrons. The molecule has 6 N–H and O–H groups in total. The van der Waals surface area contributed by atoms with Gasteiger partial charge in [0.2, 0.25) is 0 Å². The van der Waals surface area contributed by atoms with Crippen molar-refractivity contribution in [3.8, 4) is 0 Å². The van der Waals surface area contributed by atoms with E-state index in [4.69, 9.17) is 14.9 Å². The summed E-state index contributed by atoms with van der Waals surface area (Å²) in [6.45, 7) is 15.9. The van der Waals surface area contributed by atoms with Gasteiger partial charge in [-0.1, -0.05) is 39.3 Å². The summed E-state index contributed by atoms with van der Waals surface area (Å²) < 4.78 is 5.87. The fraction of sp³-hybridized carbons (Fsp3) is 0.829. The minimum atomic E-state index is -0.953. The van der Waals surface area contributed by atoms with E-state index in [2.05, 4.69) is 33.0 Å². The summed E-state index contributed by atoms with van der Waals surface area (Å²) >= 11 is 0. The highest BCUT2D eigenvalue weighted by Crippen LogP contribution is 2.74. The number of ether oxygens (including phenoxy) is 1. The number of aliphatic carboxylic acids is 1. The molecule has 4 rings (SSSR count). The van der Waals surface area contributed by atoms with Crippen LogP contribution in [0.15, 0.2) is 22.8 Å². The quantitative estimate of drug-likeness (QED) is 0.0960. The number of carboxylic acid groups (broad SMARTS) is 1. The van der Waals surface area contributed by atoms with Gasteiger partial charge in [-0.25, -0.2) is 4.79 Å². The molecule has 0 spiro atoms. The van der Waals surface area contributed by atoms with E-state index >= 15 is 0 Å². The molecule has 4 aliphatic rings. The van der Waals surface area contributed by atoms with Gasteiger partial charge in [-0.15, -0.1) is 0 Å². The van der Waals surface area contributed by atoms with Crippen molar-refractivity contribution in [1.82, 2.24) is 5.32 Å². The zero-order valence-corrected chi connectivity index (χ0v) is 28.1. The van der Waals surface area contributed by atoms with Crippen LogP contribution in [0.5, 0.6) is 0 Å². The predicted octanol–water partition coefficient (Wildman–Crippen LogP) is 4.23. The van der Waals surface area contributed by atoms with Gasteiger partial charge >= 0.3 is 11.9 Å². The van der Waals surface area contributed by atoms with Crippen molar-refractivity contribution >= 4 is 11.9 Å². The Balaban J connectivity index is 0.000000676. The van der Waals surface area contributed by atoms with Gasteiger partial charge in [-0.05, 0) is 111 Å². The molecule has 0 unspecified atom stereocenters. The fourth-order valence-electron chi connectivity index (χ4n) is 10.1. The maximum atomic E-state index is 12.6. The molecule has 9 heteroatoms. The Bertz CT molecular complexity index is 1080. The molecule has 4 aliphatic carbocycles. The minimum absolute atomic E-state index is 0.0474. The summed E-state index contributed by atoms with van der Waals surface area (Å²) in [4.78, 5) is 24.8. The molecule has 4 saturated carbocycles. The molecule has 44 heavy (non-hydrogen) atoms. The standard InChI is InChI=1S/C31H48O6.C4H11NO2/c1-17(2)9-8-10-20(28(35)36)26-22-15-24(34)27-29(5)13-12-23(33)18(3)21(29)11-14-30(27,6)31(22,7)16-25(26)37-19(4)32;6-3-1-5-2-4-7/h9,18,21-25,27,33-34H,8,10-16H2,1-7H3,(H,35,36);5-7H,1-4H2/b26-20-;/t18-,21-,22-,23+,24+,25-,27-,29-,30-,31-;/m0./s1. The van der Waals surface area contributed by atoms with Gasteiger partial charge in [0.05, 0.1) is 25.4 Å². The van der Waals surface area contributed by atoms with Crippen LogP contribution in [0, 0.1) is 39.9 Å². The maximum absolute atomic E-state index is 12.6. The maximum Gasteiger partial charge on any atom is 0.331 e. The van der Waals surface area contributed by atoms with Crippen molar-refractivity contribution in [3.63, 3.8) is 0 Å². The van der Waals surface area contributed by atoms with Gasteiger partial charge in [0.1, 0.15) is 6.10 Å². The largest absolute Gasteiger partial charge is 0.478 e. The van der Waals surface area contributed by atoms with E-state index < -0.39 is 24.1 Å². The van der Waals surface area contributed by atoms with E-state index in [1.54, 1.807) is 0 Å². The van der Waals surface area contributed by atoms with Gasteiger partial charge in [-0.2, -0.15) is 0 Å². The second kappa shape index (κ2) is 14.8. The predicted molar refractivity (Wildman–Crippen MR) is 170 cm³/mol. The number of rotatable bonds is 9. The molecule has 0 radical (unpaired) electrons. The van der Waals surface area contributed by atoms with Crippen molar-refractivity contribution in [2.24, 2.45) is 39.9 Å². The summed E-state index contributed by atoms with van der Waals surface area (Å²) in [5.74, 6) is -0.909. The molecule has 0 aromatic rings. The molecular formula is C35H59NO8. The second-order valence-corrected chi connectivity index (χ2v) is 14.8. The summed E-state index contributed by atoms with van der Waals surface area (Å²) in [5, 5.41) is 52.0. The van der Waals surface area contributed by atoms with Crippen LogP contribution in [0.4, 0.5) is 0 Å². The molecule has 4 fully saturated rings. The SMILES string of the molecule is CC(=O)O[C@H]1C[C@@]2(C)[C@@H](C[C@@H](O)[C@H]3[C@@]4(C)CC[C@@H](O)[C@@H](C)[C@@H]4CC[C@@]32C)/C1=C(\CCC=C(C)C)C(=O)O.OCCNCCO. The second-order valence-electron chi connectivity index (χ2n) is 14.8. The van der Waals surface area contributed by atoms with Gasteiger partial charge < -0.3 is 35.6 Å². The Morgan fingerprint density at radius 2 is 1.61 bits per heavy atom. The van der Waals surface area contributed by atoms with Crippen LogP contribution in [-0.4, -0.2) is 82.1 Å². The highest BCUT2D eigenvalue weighted by Gasteiger charge is 2.70. The van der Waals surface area contributed by atoms with E-state index in [9.17, 15) is 24.9 Å². The Kier molecular flexibility index (Phi) is 12.3. The Labute approximate surface area is 264 Å². The van der Waals surface area contributed by atoms with Crippen molar-refractivity contribution in [2.45, 2.75) is 118 Å². The molecule has 0 saturated heterocycles. The number of carbonyl (C=O) groups is 2. The van der Waals surface area contributed by atoms with Crippen LogP contribution in [-0.2, 0) is 14.3 Å². The first kappa shape index (κ1) is 36.7. The lowest BCUT2D eigenvalue weighted by molar-refractivity contribution is -0.234. The third-order valence-corrected chi connectivity index (χ3v) is 12.1. The normalized spacial score (nSPS) is 40.4. The Morgan fingerprint density at radius 1 is 0.977 bits per heavy atom. The zero-order chi connectivity index (χ0) is 33.0. The monoisotopic (exact) mass is 621 g/mol. The number of esters is 1. The number of allylic oxidation sites excluding steroid dienone is 2. The van der Waals surface area contributed by atoms with E-state index in [1.807, 2.05) is 19.9 Å². The van der Waals surface area contributed by atoms with Gasteiger partial charge in [-0.3, -0.25) is 4.79 Å². The molecule has 0 amide bonds. The number of nitrogens with one attached hydrogen (secondary N) is 1. The number of hydrogen-bond acceptors (Lipinski definition) is 8. The van der Waals surface area contributed by atoms with Crippen LogP contribution in [0.25, 0.3) is 0 Å². The Morgan fingerprint density at radius 3 is 2.16 bits per heavy atom. The summed E-state index contributed by atoms with van der Waals surface area (Å²) in [6.07, 6.45) is 6.22. The molecule has 10 atom stereocenters. The number of fused-ring (bicyclic) bond motifs is 5. The van der Waals surface area contributed by atoms with E-state index in [0.717, 1.165) is 36.8 Å². The fourth-order valence-corrected chi connectivity index (χ4v) is 10.1. The summed E-state index contributed by atoms with van der Waals surface area (Å²) in [6, 6.07) is 0. The van der Waals surface area contributed by atoms with Crippen molar-refractivity contribution < 1.29 is 39.9 Å². The first-order chi connectivity index (χ1) is 20.6. The first-order valence-electron chi connectivity index (χ1n) is 16.6. The number of aliphatic hydroxyl groups excluding tert-OH is 4. The molecule has 0 aromatic heterocycles. The van der Waals surface area contributed by atoms with Gasteiger partial charge in [0.25, 0.3) is 0 Å². The lowest BCUT2D eigenvalue weighted by Crippen LogP contribution is -2.65. The van der Waals surface area contributed by atoms with Crippen LogP contribution in [0.3, 0.4) is 0 Å². The number of aliphatic hydroxyl groups is 4. The lowest BCUT2D eigenvalue weighted by Gasteiger charge is -2.69. The molecule has 0 bridgehead atoms. The molecule has 0 aliphatic heterocycles. The number of carbonyl (C=O) groups excluding carboxylic acids is 1. The van der Waals surface area contributed by atoms with E-state index in [-0.39, 0.29) is 53.3 Å². The summed E-state index contributed by atoms with van der Waals surface area (Å²) in [7, 11) is 0. The smallest absolute Gasteiger partial charge is 0.331 e. The van der Waals surface area contributed by atoms with Crippen molar-refractivity contribution in [3.05, 3.63) is 22.8 Å². The molecular weight excluding hydrogens is 562 g/mol. The first-order valence-corrected chi connectivity index (χ1v) is 16.6.